The smallest absolute Gasteiger partial charge is 0.336 e. The number of rotatable bonds is 11. The first-order valence-corrected chi connectivity index (χ1v) is 16.7. The lowest BCUT2D eigenvalue weighted by Gasteiger charge is -2.24. The van der Waals surface area contributed by atoms with Crippen molar-refractivity contribution in [3.05, 3.63) is 105 Å². The minimum Gasteiger partial charge on any atom is -0.497 e. The van der Waals surface area contributed by atoms with Crippen LogP contribution in [0.15, 0.2) is 70.2 Å². The standard InChI is InChI=1S/C31H31NO11S2/c1-18(38-3)8-10-24-19(2)22(17-29(33)41-24)30(21-9-11-25(26(15-21)39-4)42-44(6,34)35)31-23-16-27(40-5)28(43-45(7,36)37)14-20(23)12-13-32-31/h8-17,32H,1H2,2-7H3/b10-8-,31-30-. The number of methoxy groups -OCH3 is 3. The molecule has 0 bridgehead atoms. The van der Waals surface area contributed by atoms with Crippen molar-refractivity contribution in [2.75, 3.05) is 33.8 Å². The number of ether oxygens (including phenoxy) is 3. The zero-order chi connectivity index (χ0) is 33.1. The highest BCUT2D eigenvalue weighted by molar-refractivity contribution is 7.86. The van der Waals surface area contributed by atoms with Crippen LogP contribution in [0.3, 0.4) is 0 Å². The van der Waals surface area contributed by atoms with Crippen LogP contribution in [0.2, 0.25) is 0 Å². The molecule has 12 nitrogen and oxygen atoms in total. The second kappa shape index (κ2) is 13.0. The van der Waals surface area contributed by atoms with Crippen molar-refractivity contribution in [1.29, 1.82) is 0 Å². The van der Waals surface area contributed by atoms with E-state index in [0.29, 0.717) is 44.8 Å². The SMILES string of the molecule is C=C(/C=C\c1oc(=O)cc(/C(=C2\NC=Cc3cc(OS(C)(=O)=O)c(OC)cc32)c2ccc(OS(C)(=O)=O)c(OC)c2)c1C)OC. The summed E-state index contributed by atoms with van der Waals surface area (Å²) in [6, 6.07) is 9.06. The van der Waals surface area contributed by atoms with Crippen LogP contribution >= 0.6 is 0 Å². The molecule has 0 saturated carbocycles. The quantitative estimate of drug-likeness (QED) is 0.177. The van der Waals surface area contributed by atoms with E-state index < -0.39 is 25.9 Å². The van der Waals surface area contributed by atoms with Crippen LogP contribution in [0.25, 0.3) is 23.4 Å². The van der Waals surface area contributed by atoms with Gasteiger partial charge >= 0.3 is 25.9 Å². The van der Waals surface area contributed by atoms with E-state index in [2.05, 4.69) is 11.9 Å². The Morgan fingerprint density at radius 2 is 1.53 bits per heavy atom. The Balaban J connectivity index is 2.09. The molecule has 3 aromatic rings. The Labute approximate surface area is 261 Å². The number of nitrogens with one attached hydrogen (secondary N) is 1. The van der Waals surface area contributed by atoms with Gasteiger partial charge in [-0.3, -0.25) is 0 Å². The lowest BCUT2D eigenvalue weighted by Crippen LogP contribution is -2.15. The van der Waals surface area contributed by atoms with Crippen molar-refractivity contribution in [1.82, 2.24) is 5.32 Å². The van der Waals surface area contributed by atoms with E-state index in [1.54, 1.807) is 49.6 Å². The molecule has 1 N–H and O–H groups in total. The summed E-state index contributed by atoms with van der Waals surface area (Å²) in [6.07, 6.45) is 8.29. The molecule has 2 aromatic carbocycles. The van der Waals surface area contributed by atoms with Gasteiger partial charge in [0.2, 0.25) is 0 Å². The van der Waals surface area contributed by atoms with Gasteiger partial charge in [-0.2, -0.15) is 16.8 Å². The van der Waals surface area contributed by atoms with Gasteiger partial charge in [-0.05, 0) is 66.1 Å². The van der Waals surface area contributed by atoms with Gasteiger partial charge in [-0.15, -0.1) is 0 Å². The molecule has 0 radical (unpaired) electrons. The predicted octanol–water partition coefficient (Wildman–Crippen LogP) is 4.31. The molecule has 1 aliphatic heterocycles. The normalized spacial score (nSPS) is 13.9. The zero-order valence-electron chi connectivity index (χ0n) is 25.3. The zero-order valence-corrected chi connectivity index (χ0v) is 26.9. The second-order valence-corrected chi connectivity index (χ2v) is 12.9. The van der Waals surface area contributed by atoms with E-state index in [0.717, 1.165) is 12.5 Å². The third kappa shape index (κ3) is 7.77. The summed E-state index contributed by atoms with van der Waals surface area (Å²) < 4.78 is 79.5. The minimum absolute atomic E-state index is 0.0162. The summed E-state index contributed by atoms with van der Waals surface area (Å²) in [5, 5.41) is 3.24. The third-order valence-electron chi connectivity index (χ3n) is 6.48. The van der Waals surface area contributed by atoms with E-state index in [1.807, 2.05) is 0 Å². The highest BCUT2D eigenvalue weighted by atomic mass is 32.2. The van der Waals surface area contributed by atoms with Crippen molar-refractivity contribution in [3.8, 4) is 23.0 Å². The molecule has 2 heterocycles. The number of allylic oxidation sites excluding steroid dienone is 1. The van der Waals surface area contributed by atoms with Gasteiger partial charge in [0, 0.05) is 29.0 Å². The van der Waals surface area contributed by atoms with Crippen LogP contribution in [0, 0.1) is 6.92 Å². The summed E-state index contributed by atoms with van der Waals surface area (Å²) in [7, 11) is -3.56. The van der Waals surface area contributed by atoms with Crippen molar-refractivity contribution in [2.24, 2.45) is 0 Å². The van der Waals surface area contributed by atoms with Gasteiger partial charge in [-0.1, -0.05) is 12.6 Å². The fourth-order valence-electron chi connectivity index (χ4n) is 4.54. The average molecular weight is 658 g/mol. The fourth-order valence-corrected chi connectivity index (χ4v) is 5.46. The molecular formula is C31H31NO11S2. The highest BCUT2D eigenvalue weighted by Gasteiger charge is 2.25. The third-order valence-corrected chi connectivity index (χ3v) is 7.44. The summed E-state index contributed by atoms with van der Waals surface area (Å²) in [5.74, 6) is 0.749. The van der Waals surface area contributed by atoms with Gasteiger partial charge in [0.15, 0.2) is 23.0 Å². The molecule has 1 aromatic heterocycles. The average Bonchev–Trinajstić information content (AvgIpc) is 2.96. The minimum atomic E-state index is -3.87. The van der Waals surface area contributed by atoms with E-state index >= 15 is 0 Å². The molecule has 1 aliphatic rings. The van der Waals surface area contributed by atoms with Gasteiger partial charge in [0.25, 0.3) is 0 Å². The van der Waals surface area contributed by atoms with Crippen molar-refractivity contribution in [2.45, 2.75) is 6.92 Å². The fraction of sp³-hybridized carbons (Fsp3) is 0.194. The Kier molecular flexibility index (Phi) is 9.49. The van der Waals surface area contributed by atoms with Crippen LogP contribution in [-0.2, 0) is 25.0 Å². The molecule has 0 fully saturated rings. The number of benzene rings is 2. The molecule has 238 valence electrons. The molecular weight excluding hydrogens is 626 g/mol. The monoisotopic (exact) mass is 657 g/mol. The summed E-state index contributed by atoms with van der Waals surface area (Å²) in [4.78, 5) is 12.9. The first kappa shape index (κ1) is 33.0. The lowest BCUT2D eigenvalue weighted by molar-refractivity contribution is 0.309. The van der Waals surface area contributed by atoms with Crippen LogP contribution in [0.1, 0.15) is 33.6 Å². The Morgan fingerprint density at radius 3 is 2.16 bits per heavy atom. The lowest BCUT2D eigenvalue weighted by atomic mass is 9.88. The van der Waals surface area contributed by atoms with Crippen LogP contribution in [0.5, 0.6) is 23.0 Å². The van der Waals surface area contributed by atoms with E-state index in [-0.39, 0.29) is 28.8 Å². The van der Waals surface area contributed by atoms with Crippen molar-refractivity contribution < 1.29 is 43.8 Å². The summed E-state index contributed by atoms with van der Waals surface area (Å²) in [6.45, 7) is 5.52. The summed E-state index contributed by atoms with van der Waals surface area (Å²) >= 11 is 0. The van der Waals surface area contributed by atoms with E-state index in [4.69, 9.17) is 27.0 Å². The Bertz CT molecular complexity index is 2040. The van der Waals surface area contributed by atoms with Gasteiger partial charge in [0.1, 0.15) is 11.5 Å². The molecule has 0 saturated heterocycles. The Hall–Kier alpha value is -4.95. The van der Waals surface area contributed by atoms with Crippen LogP contribution in [-0.4, -0.2) is 50.7 Å². The van der Waals surface area contributed by atoms with E-state index in [1.165, 1.54) is 39.5 Å². The maximum atomic E-state index is 12.9. The van der Waals surface area contributed by atoms with Crippen LogP contribution < -0.4 is 28.8 Å². The first-order valence-electron chi connectivity index (χ1n) is 13.1. The molecule has 0 amide bonds. The van der Waals surface area contributed by atoms with Crippen LogP contribution in [0.4, 0.5) is 0 Å². The van der Waals surface area contributed by atoms with Gasteiger partial charge in [-0.25, -0.2) is 4.79 Å². The molecule has 0 atom stereocenters. The molecule has 14 heteroatoms. The molecule has 0 unspecified atom stereocenters. The first-order chi connectivity index (χ1) is 21.1. The second-order valence-electron chi connectivity index (χ2n) is 9.73. The largest absolute Gasteiger partial charge is 0.497 e. The highest BCUT2D eigenvalue weighted by Crippen LogP contribution is 2.42. The molecule has 45 heavy (non-hydrogen) atoms. The number of hydrogen-bond donors (Lipinski definition) is 1. The van der Waals surface area contributed by atoms with Crippen molar-refractivity contribution >= 4 is 43.7 Å². The van der Waals surface area contributed by atoms with Crippen molar-refractivity contribution in [3.63, 3.8) is 0 Å². The van der Waals surface area contributed by atoms with E-state index in [9.17, 15) is 21.6 Å². The molecule has 0 aliphatic carbocycles. The summed E-state index contributed by atoms with van der Waals surface area (Å²) in [5.41, 5.74) is 2.97. The molecule has 4 rings (SSSR count). The number of fused-ring (bicyclic) bond motifs is 1. The maximum Gasteiger partial charge on any atom is 0.336 e. The maximum absolute atomic E-state index is 12.9. The molecule has 0 spiro atoms. The predicted molar refractivity (Wildman–Crippen MR) is 170 cm³/mol. The van der Waals surface area contributed by atoms with Gasteiger partial charge < -0.3 is 32.3 Å². The Morgan fingerprint density at radius 1 is 0.889 bits per heavy atom. The number of hydrogen-bond acceptors (Lipinski definition) is 12. The van der Waals surface area contributed by atoms with Gasteiger partial charge in [0.05, 0.1) is 39.5 Å². The topological polar surface area (TPSA) is 157 Å².